The number of methoxy groups -OCH3 is 1. The Balaban J connectivity index is 2.25. The standard InChI is InChI=1S/C19H20N2O3/c1-13(2)19(22)24-18(15-7-5-6-14(3)12-15)21-20-16-8-10-17(23-4)11-9-16/h5-12,18H,1H2,2-4H3. The summed E-state index contributed by atoms with van der Waals surface area (Å²) in [6.07, 6.45) is -0.823. The zero-order valence-electron chi connectivity index (χ0n) is 14.0. The SMILES string of the molecule is C=C(C)C(=O)OC(N=Nc1ccc(OC)cc1)c1cccc(C)c1. The Morgan fingerprint density at radius 3 is 2.46 bits per heavy atom. The molecule has 1 atom stereocenters. The zero-order valence-corrected chi connectivity index (χ0v) is 14.0. The van der Waals surface area contributed by atoms with E-state index in [1.54, 1.807) is 38.3 Å². The Morgan fingerprint density at radius 1 is 1.17 bits per heavy atom. The van der Waals surface area contributed by atoms with Gasteiger partial charge in [-0.05, 0) is 38.1 Å². The first kappa shape index (κ1) is 17.4. The fraction of sp³-hybridized carbons (Fsp3) is 0.211. The topological polar surface area (TPSA) is 60.2 Å². The molecule has 0 aliphatic carbocycles. The van der Waals surface area contributed by atoms with E-state index in [-0.39, 0.29) is 0 Å². The minimum Gasteiger partial charge on any atom is -0.497 e. The molecule has 0 radical (unpaired) electrons. The van der Waals surface area contributed by atoms with Crippen LogP contribution in [0.15, 0.2) is 70.9 Å². The molecule has 24 heavy (non-hydrogen) atoms. The molecule has 5 nitrogen and oxygen atoms in total. The Kier molecular flexibility index (Phi) is 5.84. The van der Waals surface area contributed by atoms with Crippen LogP contribution in [0.3, 0.4) is 0 Å². The van der Waals surface area contributed by atoms with Gasteiger partial charge in [0.05, 0.1) is 12.8 Å². The largest absolute Gasteiger partial charge is 0.497 e. The van der Waals surface area contributed by atoms with Crippen molar-refractivity contribution in [3.8, 4) is 5.75 Å². The molecular formula is C19H20N2O3. The van der Waals surface area contributed by atoms with Crippen LogP contribution >= 0.6 is 0 Å². The Morgan fingerprint density at radius 2 is 1.88 bits per heavy atom. The van der Waals surface area contributed by atoms with E-state index >= 15 is 0 Å². The average molecular weight is 324 g/mol. The van der Waals surface area contributed by atoms with E-state index in [4.69, 9.17) is 9.47 Å². The summed E-state index contributed by atoms with van der Waals surface area (Å²) < 4.78 is 10.5. The smallest absolute Gasteiger partial charge is 0.335 e. The molecule has 2 aromatic rings. The van der Waals surface area contributed by atoms with Crippen molar-refractivity contribution in [1.82, 2.24) is 0 Å². The molecule has 2 rings (SSSR count). The van der Waals surface area contributed by atoms with Crippen molar-refractivity contribution >= 4 is 11.7 Å². The summed E-state index contributed by atoms with van der Waals surface area (Å²) in [5.41, 5.74) is 2.75. The van der Waals surface area contributed by atoms with Gasteiger partial charge in [-0.15, -0.1) is 5.11 Å². The van der Waals surface area contributed by atoms with Crippen LogP contribution in [0.1, 0.15) is 24.3 Å². The summed E-state index contributed by atoms with van der Waals surface area (Å²) in [7, 11) is 1.60. The lowest BCUT2D eigenvalue weighted by Crippen LogP contribution is -2.10. The molecule has 0 amide bonds. The summed E-state index contributed by atoms with van der Waals surface area (Å²) in [6.45, 7) is 7.15. The number of ether oxygens (including phenoxy) is 2. The van der Waals surface area contributed by atoms with Gasteiger partial charge in [-0.25, -0.2) is 4.79 Å². The first-order valence-electron chi connectivity index (χ1n) is 7.47. The van der Waals surface area contributed by atoms with Crippen molar-refractivity contribution < 1.29 is 14.3 Å². The molecule has 0 fully saturated rings. The van der Waals surface area contributed by atoms with Gasteiger partial charge in [0, 0.05) is 11.1 Å². The maximum absolute atomic E-state index is 11.9. The van der Waals surface area contributed by atoms with Gasteiger partial charge < -0.3 is 9.47 Å². The van der Waals surface area contributed by atoms with Crippen molar-refractivity contribution in [2.45, 2.75) is 20.1 Å². The summed E-state index contributed by atoms with van der Waals surface area (Å²) >= 11 is 0. The van der Waals surface area contributed by atoms with Crippen LogP contribution in [0.4, 0.5) is 5.69 Å². The van der Waals surface area contributed by atoms with Gasteiger partial charge in [-0.2, -0.15) is 5.11 Å². The number of esters is 1. The van der Waals surface area contributed by atoms with Gasteiger partial charge in [0.15, 0.2) is 0 Å². The van der Waals surface area contributed by atoms with E-state index in [1.165, 1.54) is 0 Å². The fourth-order valence-corrected chi connectivity index (χ4v) is 1.95. The quantitative estimate of drug-likeness (QED) is 0.431. The lowest BCUT2D eigenvalue weighted by atomic mass is 10.1. The highest BCUT2D eigenvalue weighted by atomic mass is 16.6. The van der Waals surface area contributed by atoms with Crippen LogP contribution in [0.2, 0.25) is 0 Å². The Bertz CT molecular complexity index is 751. The van der Waals surface area contributed by atoms with Gasteiger partial charge in [0.1, 0.15) is 5.75 Å². The number of benzene rings is 2. The molecular weight excluding hydrogens is 304 g/mol. The first-order chi connectivity index (χ1) is 11.5. The lowest BCUT2D eigenvalue weighted by Gasteiger charge is -2.13. The van der Waals surface area contributed by atoms with Crippen LogP contribution in [0.5, 0.6) is 5.75 Å². The second-order valence-corrected chi connectivity index (χ2v) is 5.37. The number of aryl methyl sites for hydroxylation is 1. The second-order valence-electron chi connectivity index (χ2n) is 5.37. The normalized spacial score (nSPS) is 12.0. The molecule has 0 heterocycles. The van der Waals surface area contributed by atoms with E-state index in [2.05, 4.69) is 16.8 Å². The number of rotatable bonds is 6. The van der Waals surface area contributed by atoms with Gasteiger partial charge in [-0.1, -0.05) is 36.4 Å². The van der Waals surface area contributed by atoms with Gasteiger partial charge in [0.2, 0.25) is 6.23 Å². The molecule has 0 saturated carbocycles. The predicted octanol–water partition coefficient (Wildman–Crippen LogP) is 4.91. The minimum absolute atomic E-state index is 0.312. The monoisotopic (exact) mass is 324 g/mol. The first-order valence-corrected chi connectivity index (χ1v) is 7.47. The highest BCUT2D eigenvalue weighted by molar-refractivity contribution is 5.87. The van der Waals surface area contributed by atoms with E-state index in [1.807, 2.05) is 31.2 Å². The molecule has 0 aliphatic rings. The summed E-state index contributed by atoms with van der Waals surface area (Å²) in [4.78, 5) is 11.9. The highest BCUT2D eigenvalue weighted by Gasteiger charge is 2.16. The number of azo groups is 1. The van der Waals surface area contributed by atoms with Crippen molar-refractivity contribution in [3.05, 3.63) is 71.8 Å². The predicted molar refractivity (Wildman–Crippen MR) is 92.3 cm³/mol. The van der Waals surface area contributed by atoms with Crippen LogP contribution in [-0.2, 0) is 9.53 Å². The van der Waals surface area contributed by atoms with Crippen molar-refractivity contribution in [3.63, 3.8) is 0 Å². The van der Waals surface area contributed by atoms with Gasteiger partial charge >= 0.3 is 5.97 Å². The lowest BCUT2D eigenvalue weighted by molar-refractivity contribution is -0.144. The van der Waals surface area contributed by atoms with Crippen molar-refractivity contribution in [1.29, 1.82) is 0 Å². The highest BCUT2D eigenvalue weighted by Crippen LogP contribution is 2.25. The Hall–Kier alpha value is -2.95. The average Bonchev–Trinajstić information content (AvgIpc) is 2.58. The van der Waals surface area contributed by atoms with Crippen LogP contribution < -0.4 is 4.74 Å². The third-order valence-electron chi connectivity index (χ3n) is 3.24. The van der Waals surface area contributed by atoms with Gasteiger partial charge in [-0.3, -0.25) is 0 Å². The molecule has 0 aromatic heterocycles. The van der Waals surface area contributed by atoms with Crippen LogP contribution in [0, 0.1) is 6.92 Å². The Labute approximate surface area is 141 Å². The van der Waals surface area contributed by atoms with Gasteiger partial charge in [0.25, 0.3) is 0 Å². The van der Waals surface area contributed by atoms with E-state index in [0.717, 1.165) is 16.9 Å². The molecule has 0 aliphatic heterocycles. The molecule has 1 unspecified atom stereocenters. The van der Waals surface area contributed by atoms with Crippen LogP contribution in [-0.4, -0.2) is 13.1 Å². The van der Waals surface area contributed by atoms with Crippen molar-refractivity contribution in [2.24, 2.45) is 10.2 Å². The fourth-order valence-electron chi connectivity index (χ4n) is 1.95. The molecule has 0 N–H and O–H groups in total. The van der Waals surface area contributed by atoms with E-state index in [0.29, 0.717) is 11.3 Å². The number of hydrogen-bond acceptors (Lipinski definition) is 5. The summed E-state index contributed by atoms with van der Waals surface area (Å²) in [6, 6.07) is 14.7. The third-order valence-corrected chi connectivity index (χ3v) is 3.24. The number of carbonyl (C=O) groups excluding carboxylic acids is 1. The molecule has 0 spiro atoms. The maximum atomic E-state index is 11.9. The number of carbonyl (C=O) groups is 1. The minimum atomic E-state index is -0.823. The molecule has 2 aromatic carbocycles. The maximum Gasteiger partial charge on any atom is 0.335 e. The second kappa shape index (κ2) is 8.06. The third kappa shape index (κ3) is 4.78. The number of hydrogen-bond donors (Lipinski definition) is 0. The number of nitrogens with zero attached hydrogens (tertiary/aromatic N) is 2. The van der Waals surface area contributed by atoms with E-state index < -0.39 is 12.2 Å². The summed E-state index contributed by atoms with van der Waals surface area (Å²) in [5, 5.41) is 8.35. The molecule has 124 valence electrons. The molecule has 0 saturated heterocycles. The van der Waals surface area contributed by atoms with Crippen molar-refractivity contribution in [2.75, 3.05) is 7.11 Å². The zero-order chi connectivity index (χ0) is 17.5. The molecule has 5 heteroatoms. The molecule has 0 bridgehead atoms. The van der Waals surface area contributed by atoms with E-state index in [9.17, 15) is 4.79 Å². The summed E-state index contributed by atoms with van der Waals surface area (Å²) in [5.74, 6) is 0.230. The van der Waals surface area contributed by atoms with Crippen LogP contribution in [0.25, 0.3) is 0 Å².